The summed E-state index contributed by atoms with van der Waals surface area (Å²) >= 11 is 0. The van der Waals surface area contributed by atoms with Crippen molar-refractivity contribution in [2.75, 3.05) is 0 Å². The molecule has 0 heterocycles. The molecule has 98 valence electrons. The fourth-order valence-corrected chi connectivity index (χ4v) is 1.38. The first-order chi connectivity index (χ1) is 8.32. The van der Waals surface area contributed by atoms with E-state index in [9.17, 15) is 14.9 Å². The minimum Gasteiger partial charge on any atom is -0.490 e. The molecule has 0 saturated carbocycles. The van der Waals surface area contributed by atoms with E-state index in [-0.39, 0.29) is 23.1 Å². The number of benzene rings is 1. The van der Waals surface area contributed by atoms with Crippen LogP contribution in [-0.2, 0) is 0 Å². The van der Waals surface area contributed by atoms with Crippen LogP contribution in [0.2, 0.25) is 0 Å². The summed E-state index contributed by atoms with van der Waals surface area (Å²) in [5.74, 6) is 0.384. The van der Waals surface area contributed by atoms with Gasteiger partial charge >= 0.3 is 0 Å². The van der Waals surface area contributed by atoms with Gasteiger partial charge in [0.15, 0.2) is 5.78 Å². The summed E-state index contributed by atoms with van der Waals surface area (Å²) in [5, 5.41) is 10.9. The van der Waals surface area contributed by atoms with Gasteiger partial charge in [0.05, 0.1) is 22.7 Å². The predicted octanol–water partition coefficient (Wildman–Crippen LogP) is 3.22. The lowest BCUT2D eigenvalue weighted by Gasteiger charge is -2.18. The minimum absolute atomic E-state index is 0.0483. The molecular formula is C13H17NO4. The molecule has 0 aliphatic heterocycles. The highest BCUT2D eigenvalue weighted by Crippen LogP contribution is 2.26. The van der Waals surface area contributed by atoms with E-state index in [0.717, 1.165) is 0 Å². The molecule has 1 aromatic rings. The number of ether oxygens (including phenoxy) is 1. The molecular weight excluding hydrogens is 234 g/mol. The molecule has 5 nitrogen and oxygen atoms in total. The fraction of sp³-hybridized carbons (Fsp3) is 0.462. The van der Waals surface area contributed by atoms with Crippen molar-refractivity contribution in [1.82, 2.24) is 0 Å². The van der Waals surface area contributed by atoms with Crippen molar-refractivity contribution >= 4 is 11.5 Å². The Balaban J connectivity index is 3.08. The van der Waals surface area contributed by atoms with Crippen molar-refractivity contribution in [2.24, 2.45) is 5.92 Å². The second kappa shape index (κ2) is 5.62. The van der Waals surface area contributed by atoms with Gasteiger partial charge in [-0.3, -0.25) is 14.9 Å². The molecule has 1 atom stereocenters. The Morgan fingerprint density at radius 1 is 1.33 bits per heavy atom. The zero-order chi connectivity index (χ0) is 13.9. The van der Waals surface area contributed by atoms with Crippen LogP contribution in [0, 0.1) is 16.0 Å². The fourth-order valence-electron chi connectivity index (χ4n) is 1.38. The van der Waals surface area contributed by atoms with Gasteiger partial charge in [-0.2, -0.15) is 0 Å². The molecule has 1 aromatic carbocycles. The number of Topliss-reactive ketones (excluding diaryl/α,β-unsaturated/α-hetero) is 1. The average molecular weight is 251 g/mol. The monoisotopic (exact) mass is 251 g/mol. The normalized spacial score (nSPS) is 12.3. The average Bonchev–Trinajstić information content (AvgIpc) is 2.28. The lowest BCUT2D eigenvalue weighted by atomic mass is 10.1. The van der Waals surface area contributed by atoms with E-state index in [1.54, 1.807) is 6.07 Å². The summed E-state index contributed by atoms with van der Waals surface area (Å²) < 4.78 is 5.59. The van der Waals surface area contributed by atoms with Crippen LogP contribution in [0.5, 0.6) is 5.75 Å². The standard InChI is InChI=1S/C13H17NO4/c1-8(2)10(4)18-11-5-6-12(9(3)15)13(7-11)14(16)17/h5-8,10H,1-4H3. The van der Waals surface area contributed by atoms with Crippen molar-refractivity contribution in [3.63, 3.8) is 0 Å². The van der Waals surface area contributed by atoms with E-state index in [2.05, 4.69) is 0 Å². The van der Waals surface area contributed by atoms with E-state index in [1.165, 1.54) is 19.1 Å². The Bertz CT molecular complexity index is 468. The lowest BCUT2D eigenvalue weighted by Crippen LogP contribution is -2.18. The van der Waals surface area contributed by atoms with Crippen molar-refractivity contribution in [1.29, 1.82) is 0 Å². The molecule has 0 aromatic heterocycles. The number of hydrogen-bond acceptors (Lipinski definition) is 4. The molecule has 5 heteroatoms. The summed E-state index contributed by atoms with van der Waals surface area (Å²) in [6.45, 7) is 7.21. The minimum atomic E-state index is -0.566. The Labute approximate surface area is 106 Å². The third kappa shape index (κ3) is 3.29. The largest absolute Gasteiger partial charge is 0.490 e. The number of nitro groups is 1. The smallest absolute Gasteiger partial charge is 0.283 e. The third-order valence-electron chi connectivity index (χ3n) is 2.81. The zero-order valence-corrected chi connectivity index (χ0v) is 11.0. The number of carbonyl (C=O) groups excluding carboxylic acids is 1. The van der Waals surface area contributed by atoms with Gasteiger partial charge in [0.25, 0.3) is 5.69 Å². The van der Waals surface area contributed by atoms with E-state index in [4.69, 9.17) is 4.74 Å². The van der Waals surface area contributed by atoms with E-state index < -0.39 is 4.92 Å². The molecule has 0 amide bonds. The number of carbonyl (C=O) groups is 1. The summed E-state index contributed by atoms with van der Waals surface area (Å²) in [4.78, 5) is 21.6. The molecule has 1 unspecified atom stereocenters. The second-order valence-electron chi connectivity index (χ2n) is 4.56. The highest BCUT2D eigenvalue weighted by atomic mass is 16.6. The number of rotatable bonds is 5. The summed E-state index contributed by atoms with van der Waals surface area (Å²) in [5.41, 5.74) is -0.111. The van der Waals surface area contributed by atoms with Crippen LogP contribution < -0.4 is 4.74 Å². The Kier molecular flexibility index (Phi) is 4.42. The highest BCUT2D eigenvalue weighted by Gasteiger charge is 2.19. The topological polar surface area (TPSA) is 69.4 Å². The van der Waals surface area contributed by atoms with Gasteiger partial charge in [0.2, 0.25) is 0 Å². The first-order valence-corrected chi connectivity index (χ1v) is 5.79. The third-order valence-corrected chi connectivity index (χ3v) is 2.81. The molecule has 0 bridgehead atoms. The first-order valence-electron chi connectivity index (χ1n) is 5.79. The van der Waals surface area contributed by atoms with Gasteiger partial charge in [0, 0.05) is 0 Å². The van der Waals surface area contributed by atoms with Crippen LogP contribution in [0.4, 0.5) is 5.69 Å². The summed E-state index contributed by atoms with van der Waals surface area (Å²) in [7, 11) is 0. The first kappa shape index (κ1) is 14.2. The van der Waals surface area contributed by atoms with Crippen molar-refractivity contribution in [3.05, 3.63) is 33.9 Å². The van der Waals surface area contributed by atoms with Crippen molar-refractivity contribution in [2.45, 2.75) is 33.8 Å². The van der Waals surface area contributed by atoms with Crippen LogP contribution >= 0.6 is 0 Å². The highest BCUT2D eigenvalue weighted by molar-refractivity contribution is 5.98. The summed E-state index contributed by atoms with van der Waals surface area (Å²) in [6.07, 6.45) is -0.0483. The van der Waals surface area contributed by atoms with Crippen LogP contribution in [-0.4, -0.2) is 16.8 Å². The predicted molar refractivity (Wildman–Crippen MR) is 68.0 cm³/mol. The maximum Gasteiger partial charge on any atom is 0.283 e. The van der Waals surface area contributed by atoms with Gasteiger partial charge < -0.3 is 4.74 Å². The van der Waals surface area contributed by atoms with Crippen LogP contribution in [0.25, 0.3) is 0 Å². The van der Waals surface area contributed by atoms with Crippen LogP contribution in [0.1, 0.15) is 38.1 Å². The van der Waals surface area contributed by atoms with Crippen molar-refractivity contribution < 1.29 is 14.5 Å². The SMILES string of the molecule is CC(=O)c1ccc(OC(C)C(C)C)cc1[N+](=O)[O-]. The van der Waals surface area contributed by atoms with Crippen LogP contribution in [0.15, 0.2) is 18.2 Å². The molecule has 0 radical (unpaired) electrons. The maximum absolute atomic E-state index is 11.3. The molecule has 0 aliphatic carbocycles. The zero-order valence-electron chi connectivity index (χ0n) is 11.0. The Morgan fingerprint density at radius 2 is 1.94 bits per heavy atom. The molecule has 0 N–H and O–H groups in total. The lowest BCUT2D eigenvalue weighted by molar-refractivity contribution is -0.385. The second-order valence-corrected chi connectivity index (χ2v) is 4.56. The molecule has 1 rings (SSSR count). The molecule has 0 fully saturated rings. The molecule has 0 spiro atoms. The van der Waals surface area contributed by atoms with Gasteiger partial charge in [-0.25, -0.2) is 0 Å². The van der Waals surface area contributed by atoms with Gasteiger partial charge in [-0.1, -0.05) is 13.8 Å². The number of nitrogens with zero attached hydrogens (tertiary/aromatic N) is 1. The van der Waals surface area contributed by atoms with Gasteiger partial charge in [-0.15, -0.1) is 0 Å². The summed E-state index contributed by atoms with van der Waals surface area (Å²) in [6, 6.07) is 4.32. The van der Waals surface area contributed by atoms with Gasteiger partial charge in [-0.05, 0) is 31.9 Å². The Morgan fingerprint density at radius 3 is 2.39 bits per heavy atom. The maximum atomic E-state index is 11.3. The molecule has 0 saturated heterocycles. The number of hydrogen-bond donors (Lipinski definition) is 0. The number of nitro benzene ring substituents is 1. The van der Waals surface area contributed by atoms with Crippen LogP contribution in [0.3, 0.4) is 0 Å². The molecule has 0 aliphatic rings. The quantitative estimate of drug-likeness (QED) is 0.457. The van der Waals surface area contributed by atoms with E-state index in [1.807, 2.05) is 20.8 Å². The van der Waals surface area contributed by atoms with E-state index in [0.29, 0.717) is 11.7 Å². The van der Waals surface area contributed by atoms with Crippen molar-refractivity contribution in [3.8, 4) is 5.75 Å². The van der Waals surface area contributed by atoms with E-state index >= 15 is 0 Å². The molecule has 18 heavy (non-hydrogen) atoms. The van der Waals surface area contributed by atoms with Gasteiger partial charge in [0.1, 0.15) is 5.75 Å². The Hall–Kier alpha value is -1.91. The number of ketones is 1.